The van der Waals surface area contributed by atoms with Crippen LogP contribution in [-0.4, -0.2) is 29.0 Å². The van der Waals surface area contributed by atoms with Crippen molar-refractivity contribution in [3.05, 3.63) is 11.9 Å². The van der Waals surface area contributed by atoms with E-state index in [1.165, 1.54) is 0 Å². The van der Waals surface area contributed by atoms with Gasteiger partial charge in [0.2, 0.25) is 11.7 Å². The first-order valence-corrected chi connectivity index (χ1v) is 5.05. The van der Waals surface area contributed by atoms with Gasteiger partial charge in [-0.3, -0.25) is 4.79 Å². The smallest absolute Gasteiger partial charge is 0.384 e. The SMILES string of the molecule is CCNC(=O)CNc1cc(N)nc(C(F)(F)F)n1. The van der Waals surface area contributed by atoms with Crippen LogP contribution in [0.4, 0.5) is 24.8 Å². The zero-order valence-electron chi connectivity index (χ0n) is 9.51. The predicted octanol–water partition coefficient (Wildman–Crippen LogP) is 0.626. The van der Waals surface area contributed by atoms with Crippen LogP contribution in [0.15, 0.2) is 6.07 Å². The average molecular weight is 263 g/mol. The third kappa shape index (κ3) is 4.07. The number of likely N-dealkylation sites (N-methyl/N-ethyl adjacent to an activating group) is 1. The van der Waals surface area contributed by atoms with Gasteiger partial charge in [-0.2, -0.15) is 13.2 Å². The number of rotatable bonds is 4. The monoisotopic (exact) mass is 263 g/mol. The van der Waals surface area contributed by atoms with E-state index < -0.39 is 12.0 Å². The van der Waals surface area contributed by atoms with Crippen molar-refractivity contribution < 1.29 is 18.0 Å². The molecule has 0 saturated heterocycles. The molecule has 0 spiro atoms. The molecule has 0 aliphatic heterocycles. The summed E-state index contributed by atoms with van der Waals surface area (Å²) in [6.07, 6.45) is -4.68. The summed E-state index contributed by atoms with van der Waals surface area (Å²) in [4.78, 5) is 17.4. The lowest BCUT2D eigenvalue weighted by Gasteiger charge is -2.09. The van der Waals surface area contributed by atoms with Gasteiger partial charge in [0.05, 0.1) is 6.54 Å². The summed E-state index contributed by atoms with van der Waals surface area (Å²) in [5, 5.41) is 4.92. The molecule has 1 amide bonds. The first kappa shape index (κ1) is 14.0. The number of hydrogen-bond donors (Lipinski definition) is 3. The molecule has 100 valence electrons. The van der Waals surface area contributed by atoms with Gasteiger partial charge in [0.1, 0.15) is 11.6 Å². The van der Waals surface area contributed by atoms with Crippen molar-refractivity contribution in [1.82, 2.24) is 15.3 Å². The van der Waals surface area contributed by atoms with Crippen LogP contribution in [0.1, 0.15) is 12.7 Å². The van der Waals surface area contributed by atoms with Crippen LogP contribution >= 0.6 is 0 Å². The minimum atomic E-state index is -4.68. The Balaban J connectivity index is 2.78. The number of aromatic nitrogens is 2. The number of alkyl halides is 3. The molecule has 0 fully saturated rings. The van der Waals surface area contributed by atoms with Gasteiger partial charge in [0.15, 0.2) is 0 Å². The lowest BCUT2D eigenvalue weighted by atomic mass is 10.4. The number of amides is 1. The van der Waals surface area contributed by atoms with Crippen molar-refractivity contribution in [3.63, 3.8) is 0 Å². The number of anilines is 2. The Labute approximate surface area is 101 Å². The highest BCUT2D eigenvalue weighted by Gasteiger charge is 2.35. The van der Waals surface area contributed by atoms with Crippen LogP contribution in [-0.2, 0) is 11.0 Å². The van der Waals surface area contributed by atoms with Crippen LogP contribution in [0.3, 0.4) is 0 Å². The lowest BCUT2D eigenvalue weighted by Crippen LogP contribution is -2.29. The zero-order valence-corrected chi connectivity index (χ0v) is 9.51. The summed E-state index contributed by atoms with van der Waals surface area (Å²) in [6.45, 7) is 1.96. The Bertz CT molecular complexity index is 435. The largest absolute Gasteiger partial charge is 0.451 e. The molecule has 0 aliphatic rings. The van der Waals surface area contributed by atoms with Gasteiger partial charge in [0.25, 0.3) is 0 Å². The molecule has 0 atom stereocenters. The number of halogens is 3. The molecule has 6 nitrogen and oxygen atoms in total. The molecule has 18 heavy (non-hydrogen) atoms. The van der Waals surface area contributed by atoms with E-state index >= 15 is 0 Å². The van der Waals surface area contributed by atoms with E-state index in [9.17, 15) is 18.0 Å². The van der Waals surface area contributed by atoms with E-state index in [4.69, 9.17) is 5.73 Å². The summed E-state index contributed by atoms with van der Waals surface area (Å²) in [5.41, 5.74) is 5.23. The topological polar surface area (TPSA) is 92.9 Å². The highest BCUT2D eigenvalue weighted by molar-refractivity contribution is 5.80. The molecule has 1 heterocycles. The van der Waals surface area contributed by atoms with Gasteiger partial charge >= 0.3 is 6.18 Å². The standard InChI is InChI=1S/C9H12F3N5O/c1-2-14-7(18)4-15-6-3-5(13)16-8(17-6)9(10,11)12/h3H,2,4H2,1H3,(H,14,18)(H3,13,15,16,17). The number of carbonyl (C=O) groups is 1. The van der Waals surface area contributed by atoms with Crippen molar-refractivity contribution in [2.75, 3.05) is 24.1 Å². The van der Waals surface area contributed by atoms with Gasteiger partial charge in [-0.15, -0.1) is 0 Å². The first-order valence-electron chi connectivity index (χ1n) is 5.05. The molecule has 0 unspecified atom stereocenters. The van der Waals surface area contributed by atoms with E-state index in [0.29, 0.717) is 6.54 Å². The second-order valence-corrected chi connectivity index (χ2v) is 3.31. The summed E-state index contributed by atoms with van der Waals surface area (Å²) in [7, 11) is 0. The highest BCUT2D eigenvalue weighted by Crippen LogP contribution is 2.27. The molecule has 1 aromatic heterocycles. The number of nitrogens with zero attached hydrogens (tertiary/aromatic N) is 2. The number of nitrogens with one attached hydrogen (secondary N) is 2. The molecule has 4 N–H and O–H groups in total. The Morgan fingerprint density at radius 3 is 2.67 bits per heavy atom. The third-order valence-electron chi connectivity index (χ3n) is 1.80. The summed E-state index contributed by atoms with van der Waals surface area (Å²) >= 11 is 0. The summed E-state index contributed by atoms with van der Waals surface area (Å²) in [5.74, 6) is -2.18. The van der Waals surface area contributed by atoms with Crippen LogP contribution in [0.2, 0.25) is 0 Å². The summed E-state index contributed by atoms with van der Waals surface area (Å²) in [6, 6.07) is 1.12. The second-order valence-electron chi connectivity index (χ2n) is 3.31. The van der Waals surface area contributed by atoms with E-state index in [1.807, 2.05) is 0 Å². The third-order valence-corrected chi connectivity index (χ3v) is 1.80. The minimum Gasteiger partial charge on any atom is -0.384 e. The van der Waals surface area contributed by atoms with Crippen molar-refractivity contribution in [2.45, 2.75) is 13.1 Å². The van der Waals surface area contributed by atoms with Crippen LogP contribution in [0.5, 0.6) is 0 Å². The van der Waals surface area contributed by atoms with Crippen molar-refractivity contribution in [3.8, 4) is 0 Å². The van der Waals surface area contributed by atoms with Crippen LogP contribution in [0, 0.1) is 0 Å². The van der Waals surface area contributed by atoms with Gasteiger partial charge in [-0.1, -0.05) is 0 Å². The van der Waals surface area contributed by atoms with E-state index in [2.05, 4.69) is 20.6 Å². The molecule has 9 heteroatoms. The maximum absolute atomic E-state index is 12.4. The average Bonchev–Trinajstić information content (AvgIpc) is 2.25. The number of hydrogen-bond acceptors (Lipinski definition) is 5. The quantitative estimate of drug-likeness (QED) is 0.740. The van der Waals surface area contributed by atoms with Crippen molar-refractivity contribution in [1.29, 1.82) is 0 Å². The van der Waals surface area contributed by atoms with Crippen LogP contribution < -0.4 is 16.4 Å². The van der Waals surface area contributed by atoms with E-state index in [0.717, 1.165) is 6.07 Å². The minimum absolute atomic E-state index is 0.152. The molecule has 1 aromatic rings. The molecule has 0 aliphatic carbocycles. The van der Waals surface area contributed by atoms with Crippen molar-refractivity contribution in [2.24, 2.45) is 0 Å². The number of nitrogen functional groups attached to an aromatic ring is 1. The lowest BCUT2D eigenvalue weighted by molar-refractivity contribution is -0.144. The van der Waals surface area contributed by atoms with Crippen LogP contribution in [0.25, 0.3) is 0 Å². The Morgan fingerprint density at radius 2 is 2.11 bits per heavy atom. The Morgan fingerprint density at radius 1 is 1.44 bits per heavy atom. The molecule has 1 rings (SSSR count). The number of carbonyl (C=O) groups excluding carboxylic acids is 1. The first-order chi connectivity index (χ1) is 8.32. The predicted molar refractivity (Wildman–Crippen MR) is 58.6 cm³/mol. The highest BCUT2D eigenvalue weighted by atomic mass is 19.4. The molecule has 0 radical (unpaired) electrons. The molecule has 0 saturated carbocycles. The maximum atomic E-state index is 12.4. The van der Waals surface area contributed by atoms with Crippen molar-refractivity contribution >= 4 is 17.5 Å². The Kier molecular flexibility index (Phi) is 4.29. The maximum Gasteiger partial charge on any atom is 0.451 e. The molecule has 0 bridgehead atoms. The van der Waals surface area contributed by atoms with Gasteiger partial charge in [-0.25, -0.2) is 9.97 Å². The Hall–Kier alpha value is -2.06. The van der Waals surface area contributed by atoms with E-state index in [1.54, 1.807) is 6.92 Å². The second kappa shape index (κ2) is 5.52. The molecular formula is C9H12F3N5O. The van der Waals surface area contributed by atoms with Gasteiger partial charge < -0.3 is 16.4 Å². The molecule has 0 aromatic carbocycles. The normalized spacial score (nSPS) is 11.1. The summed E-state index contributed by atoms with van der Waals surface area (Å²) < 4.78 is 37.1. The zero-order chi connectivity index (χ0) is 13.8. The van der Waals surface area contributed by atoms with Gasteiger partial charge in [-0.05, 0) is 6.92 Å². The fraction of sp³-hybridized carbons (Fsp3) is 0.444. The van der Waals surface area contributed by atoms with E-state index in [-0.39, 0.29) is 24.1 Å². The van der Waals surface area contributed by atoms with Gasteiger partial charge in [0, 0.05) is 12.6 Å². The number of nitrogens with two attached hydrogens (primary N) is 1. The fourth-order valence-electron chi connectivity index (χ4n) is 1.11. The molecular weight excluding hydrogens is 251 g/mol. The fourth-order valence-corrected chi connectivity index (χ4v) is 1.11.